The molecule has 18 heavy (non-hydrogen) atoms. The minimum absolute atomic E-state index is 0. The first kappa shape index (κ1) is 12.9. The van der Waals surface area contributed by atoms with Crippen molar-refractivity contribution < 1.29 is 20.1 Å². The summed E-state index contributed by atoms with van der Waals surface area (Å²) in [4.78, 5) is 3.43. The van der Waals surface area contributed by atoms with Crippen molar-refractivity contribution >= 4 is 5.69 Å². The van der Waals surface area contributed by atoms with Gasteiger partial charge in [0.05, 0.1) is 12.4 Å². The molecule has 0 atom stereocenters. The number of aryl methyl sites for hydroxylation is 1. The Labute approximate surface area is 119 Å². The zero-order valence-corrected chi connectivity index (χ0v) is 12.1. The van der Waals surface area contributed by atoms with Crippen LogP contribution in [0.4, 0.5) is 5.69 Å². The summed E-state index contributed by atoms with van der Waals surface area (Å²) in [7, 11) is 0. The van der Waals surface area contributed by atoms with Crippen LogP contribution >= 0.6 is 0 Å². The van der Waals surface area contributed by atoms with E-state index in [1.54, 1.807) is 12.1 Å². The van der Waals surface area contributed by atoms with Crippen LogP contribution < -0.4 is 0 Å². The maximum absolute atomic E-state index is 7.02. The minimum atomic E-state index is 0. The van der Waals surface area contributed by atoms with Gasteiger partial charge in [0.15, 0.2) is 0 Å². The molecule has 0 aliphatic carbocycles. The molecular weight excluding hydrogens is 404 g/mol. The first-order chi connectivity index (χ1) is 8.38. The van der Waals surface area contributed by atoms with E-state index in [9.17, 15) is 0 Å². The van der Waals surface area contributed by atoms with E-state index in [-0.39, 0.29) is 20.1 Å². The number of benzene rings is 1. The third-order valence-corrected chi connectivity index (χ3v) is 3.01. The fourth-order valence-electron chi connectivity index (χ4n) is 2.16. The van der Waals surface area contributed by atoms with Crippen molar-refractivity contribution in [1.29, 1.82) is 0 Å². The summed E-state index contributed by atoms with van der Waals surface area (Å²) >= 11 is 0. The second kappa shape index (κ2) is 5.43. The van der Waals surface area contributed by atoms with Gasteiger partial charge in [0.1, 0.15) is 11.5 Å². The van der Waals surface area contributed by atoms with E-state index in [4.69, 9.17) is 6.57 Å². The molecule has 0 fully saturated rings. The Kier molecular flexibility index (Phi) is 3.90. The second-order valence-corrected chi connectivity index (χ2v) is 4.12. The number of hydrogen-bond donors (Lipinski definition) is 0. The SMILES string of the molecule is [C-]#[N+]c1cc[c-]c(-c2nnc3n2CCCC3)c1.[Ir]. The Morgan fingerprint density at radius 1 is 1.33 bits per heavy atom. The molecular formula is C13H11IrN4-. The van der Waals surface area contributed by atoms with Crippen molar-refractivity contribution in [3.05, 3.63) is 41.5 Å². The maximum Gasteiger partial charge on any atom is 0.124 e. The van der Waals surface area contributed by atoms with E-state index in [0.717, 1.165) is 30.2 Å². The first-order valence-corrected chi connectivity index (χ1v) is 5.70. The van der Waals surface area contributed by atoms with Crippen LogP contribution in [0.25, 0.3) is 16.2 Å². The van der Waals surface area contributed by atoms with Crippen LogP contribution in [0.15, 0.2) is 18.2 Å². The topological polar surface area (TPSA) is 35.1 Å². The predicted octanol–water partition coefficient (Wildman–Crippen LogP) is 2.63. The molecule has 1 aliphatic heterocycles. The van der Waals surface area contributed by atoms with Crippen LogP contribution in [-0.2, 0) is 33.1 Å². The molecule has 0 spiro atoms. The van der Waals surface area contributed by atoms with Crippen LogP contribution in [0.5, 0.6) is 0 Å². The molecule has 1 aliphatic rings. The Hall–Kier alpha value is -1.50. The minimum Gasteiger partial charge on any atom is -0.351 e. The van der Waals surface area contributed by atoms with Gasteiger partial charge in [-0.1, -0.05) is 0 Å². The summed E-state index contributed by atoms with van der Waals surface area (Å²) in [6.45, 7) is 7.99. The molecule has 0 N–H and O–H groups in total. The van der Waals surface area contributed by atoms with Crippen LogP contribution in [0.1, 0.15) is 18.7 Å². The van der Waals surface area contributed by atoms with Crippen molar-refractivity contribution in [2.45, 2.75) is 25.8 Å². The molecule has 5 heteroatoms. The normalized spacial score (nSPS) is 13.3. The molecule has 0 bridgehead atoms. The average Bonchev–Trinajstić information content (AvgIpc) is 2.82. The van der Waals surface area contributed by atoms with Crippen molar-refractivity contribution in [2.75, 3.05) is 0 Å². The van der Waals surface area contributed by atoms with Crippen LogP contribution in [0.2, 0.25) is 0 Å². The first-order valence-electron chi connectivity index (χ1n) is 5.70. The number of nitrogens with zero attached hydrogens (tertiary/aromatic N) is 4. The van der Waals surface area contributed by atoms with E-state index in [2.05, 4.69) is 25.7 Å². The fourth-order valence-corrected chi connectivity index (χ4v) is 2.16. The van der Waals surface area contributed by atoms with Crippen molar-refractivity contribution in [3.63, 3.8) is 0 Å². The van der Waals surface area contributed by atoms with Gasteiger partial charge in [-0.2, -0.15) is 11.2 Å². The second-order valence-electron chi connectivity index (χ2n) is 4.12. The molecule has 93 valence electrons. The largest absolute Gasteiger partial charge is 0.351 e. The van der Waals surface area contributed by atoms with Gasteiger partial charge in [-0.05, 0) is 12.8 Å². The zero-order chi connectivity index (χ0) is 11.7. The molecule has 4 nitrogen and oxygen atoms in total. The summed E-state index contributed by atoms with van der Waals surface area (Å²) < 4.78 is 2.14. The summed E-state index contributed by atoms with van der Waals surface area (Å²) in [5.74, 6) is 1.89. The molecule has 1 aromatic heterocycles. The Morgan fingerprint density at radius 3 is 3.06 bits per heavy atom. The van der Waals surface area contributed by atoms with E-state index in [1.165, 1.54) is 12.8 Å². The molecule has 1 radical (unpaired) electrons. The summed E-state index contributed by atoms with van der Waals surface area (Å²) in [6, 6.07) is 8.47. The van der Waals surface area contributed by atoms with Gasteiger partial charge in [-0.15, -0.1) is 28.9 Å². The standard InChI is InChI=1S/C13H11N4.Ir/c1-14-11-6-4-5-10(9-11)13-16-15-12-7-2-3-8-17(12)13;/h4,6,9H,2-3,7-8H2;/q-1;. The molecule has 0 saturated carbocycles. The van der Waals surface area contributed by atoms with Crippen LogP contribution in [0.3, 0.4) is 0 Å². The van der Waals surface area contributed by atoms with Crippen LogP contribution in [0, 0.1) is 12.6 Å². The fraction of sp³-hybridized carbons (Fsp3) is 0.308. The van der Waals surface area contributed by atoms with Crippen molar-refractivity contribution in [2.24, 2.45) is 0 Å². The molecule has 0 amide bonds. The van der Waals surface area contributed by atoms with Gasteiger partial charge in [-0.3, -0.25) is 4.85 Å². The summed E-state index contributed by atoms with van der Waals surface area (Å²) in [5.41, 5.74) is 1.48. The molecule has 0 saturated heterocycles. The molecule has 1 aromatic carbocycles. The molecule has 2 aromatic rings. The molecule has 2 heterocycles. The average molecular weight is 415 g/mol. The summed E-state index contributed by atoms with van der Waals surface area (Å²) in [5, 5.41) is 8.43. The quantitative estimate of drug-likeness (QED) is 0.672. The predicted molar refractivity (Wildman–Crippen MR) is 63.5 cm³/mol. The third kappa shape index (κ3) is 2.22. The smallest absolute Gasteiger partial charge is 0.124 e. The van der Waals surface area contributed by atoms with E-state index in [0.29, 0.717) is 5.69 Å². The Bertz CT molecular complexity index is 597. The maximum atomic E-state index is 7.02. The number of fused-ring (bicyclic) bond motifs is 1. The molecule has 3 rings (SSSR count). The Balaban J connectivity index is 0.00000120. The monoisotopic (exact) mass is 416 g/mol. The number of hydrogen-bond acceptors (Lipinski definition) is 2. The van der Waals surface area contributed by atoms with Gasteiger partial charge in [0, 0.05) is 33.1 Å². The van der Waals surface area contributed by atoms with E-state index in [1.807, 2.05) is 6.07 Å². The number of rotatable bonds is 1. The van der Waals surface area contributed by atoms with Crippen LogP contribution in [-0.4, -0.2) is 14.8 Å². The van der Waals surface area contributed by atoms with E-state index < -0.39 is 0 Å². The summed E-state index contributed by atoms with van der Waals surface area (Å²) in [6.07, 6.45) is 3.35. The third-order valence-electron chi connectivity index (χ3n) is 3.01. The Morgan fingerprint density at radius 2 is 2.22 bits per heavy atom. The zero-order valence-electron chi connectivity index (χ0n) is 9.68. The van der Waals surface area contributed by atoms with Gasteiger partial charge in [-0.25, -0.2) is 0 Å². The van der Waals surface area contributed by atoms with E-state index >= 15 is 0 Å². The molecule has 0 unspecified atom stereocenters. The van der Waals surface area contributed by atoms with Crippen molar-refractivity contribution in [1.82, 2.24) is 14.8 Å². The number of aromatic nitrogens is 3. The van der Waals surface area contributed by atoms with Crippen molar-refractivity contribution in [3.8, 4) is 11.4 Å². The van der Waals surface area contributed by atoms with Gasteiger partial charge in [0.25, 0.3) is 0 Å². The van der Waals surface area contributed by atoms with Gasteiger partial charge in [0.2, 0.25) is 0 Å². The van der Waals surface area contributed by atoms with Gasteiger partial charge < -0.3 is 4.57 Å². The van der Waals surface area contributed by atoms with Gasteiger partial charge >= 0.3 is 0 Å².